The summed E-state index contributed by atoms with van der Waals surface area (Å²) in [7, 11) is 0. The highest BCUT2D eigenvalue weighted by molar-refractivity contribution is 5.86. The Morgan fingerprint density at radius 2 is 1.93 bits per heavy atom. The number of benzene rings is 1. The SMILES string of the molecule is CC1CCC2C(C)C(OC(=O)CCC(=O)NC(C(=O)O)C(O)c3cccc([N+](=O)[O-])c3)OC3OC4(C)CCC1C32OO4. The number of carbonyl (C=O) groups excluding carboxylic acids is 2. The van der Waals surface area contributed by atoms with Gasteiger partial charge in [0.05, 0.1) is 11.3 Å². The number of amides is 1. The van der Waals surface area contributed by atoms with Crippen LogP contribution in [-0.2, 0) is 38.4 Å². The molecule has 4 heterocycles. The summed E-state index contributed by atoms with van der Waals surface area (Å²) < 4.78 is 18.1. The van der Waals surface area contributed by atoms with Crippen molar-refractivity contribution in [2.75, 3.05) is 0 Å². The zero-order chi connectivity index (χ0) is 30.4. The van der Waals surface area contributed by atoms with Crippen LogP contribution in [0.1, 0.15) is 71.0 Å². The number of aliphatic hydroxyl groups excluding tert-OH is 1. The average Bonchev–Trinajstić information content (AvgIpc) is 3.18. The Morgan fingerprint density at radius 3 is 2.64 bits per heavy atom. The van der Waals surface area contributed by atoms with Crippen LogP contribution < -0.4 is 5.32 Å². The molecule has 10 unspecified atom stereocenters. The van der Waals surface area contributed by atoms with E-state index in [0.29, 0.717) is 12.3 Å². The van der Waals surface area contributed by atoms with Gasteiger partial charge in [0.2, 0.25) is 18.0 Å². The number of nitro groups is 1. The van der Waals surface area contributed by atoms with E-state index >= 15 is 0 Å². The molecule has 1 aliphatic carbocycles. The molecule has 10 atom stereocenters. The number of carboxylic acids is 1. The lowest BCUT2D eigenvalue weighted by Gasteiger charge is -2.59. The Bertz CT molecular complexity index is 1240. The van der Waals surface area contributed by atoms with Crippen LogP contribution in [0.25, 0.3) is 0 Å². The van der Waals surface area contributed by atoms with E-state index in [1.807, 2.05) is 6.92 Å². The van der Waals surface area contributed by atoms with Crippen LogP contribution in [0.15, 0.2) is 24.3 Å². The minimum Gasteiger partial charge on any atom is -0.480 e. The largest absolute Gasteiger partial charge is 0.480 e. The zero-order valence-corrected chi connectivity index (χ0v) is 23.6. The summed E-state index contributed by atoms with van der Waals surface area (Å²) in [5.41, 5.74) is -1.22. The smallest absolute Gasteiger partial charge is 0.329 e. The van der Waals surface area contributed by atoms with Gasteiger partial charge in [0.1, 0.15) is 6.10 Å². The first-order valence-electron chi connectivity index (χ1n) is 14.2. The van der Waals surface area contributed by atoms with Gasteiger partial charge in [-0.2, -0.15) is 0 Å². The maximum absolute atomic E-state index is 12.8. The molecule has 5 fully saturated rings. The number of fused-ring (bicyclic) bond motifs is 2. The van der Waals surface area contributed by atoms with E-state index in [0.717, 1.165) is 25.3 Å². The lowest BCUT2D eigenvalue weighted by molar-refractivity contribution is -0.576. The van der Waals surface area contributed by atoms with Crippen molar-refractivity contribution in [3.8, 4) is 0 Å². The van der Waals surface area contributed by atoms with Gasteiger partial charge in [-0.3, -0.25) is 19.7 Å². The van der Waals surface area contributed by atoms with Crippen LogP contribution >= 0.6 is 0 Å². The summed E-state index contributed by atoms with van der Waals surface area (Å²) in [6, 6.07) is 3.01. The average molecular weight is 593 g/mol. The fraction of sp³-hybridized carbons (Fsp3) is 0.679. The fourth-order valence-electron chi connectivity index (χ4n) is 6.95. The number of esters is 1. The summed E-state index contributed by atoms with van der Waals surface area (Å²) in [5.74, 6) is -3.90. The van der Waals surface area contributed by atoms with Crippen molar-refractivity contribution < 1.29 is 53.5 Å². The number of rotatable bonds is 9. The van der Waals surface area contributed by atoms with Crippen molar-refractivity contribution >= 4 is 23.5 Å². The summed E-state index contributed by atoms with van der Waals surface area (Å²) >= 11 is 0. The normalized spacial score (nSPS) is 36.6. The topological polar surface area (TPSA) is 193 Å². The Balaban J connectivity index is 1.20. The number of nitrogens with zero attached hydrogens (tertiary/aromatic N) is 1. The highest BCUT2D eigenvalue weighted by Crippen LogP contribution is 2.60. The third-order valence-electron chi connectivity index (χ3n) is 9.22. The summed E-state index contributed by atoms with van der Waals surface area (Å²) in [6.07, 6.45) is -1.06. The number of non-ortho nitro benzene ring substituents is 1. The van der Waals surface area contributed by atoms with Crippen LogP contribution in [0.2, 0.25) is 0 Å². The van der Waals surface area contributed by atoms with Crippen LogP contribution in [0, 0.1) is 33.8 Å². The lowest BCUT2D eigenvalue weighted by atomic mass is 9.58. The molecule has 1 aromatic rings. The third kappa shape index (κ3) is 5.49. The van der Waals surface area contributed by atoms with E-state index in [1.165, 1.54) is 18.2 Å². The van der Waals surface area contributed by atoms with E-state index in [9.17, 15) is 34.7 Å². The Morgan fingerprint density at radius 1 is 1.17 bits per heavy atom. The van der Waals surface area contributed by atoms with Gasteiger partial charge in [-0.25, -0.2) is 14.6 Å². The van der Waals surface area contributed by atoms with Crippen molar-refractivity contribution in [3.05, 3.63) is 39.9 Å². The number of nitrogens with one attached hydrogen (secondary N) is 1. The zero-order valence-electron chi connectivity index (χ0n) is 23.6. The van der Waals surface area contributed by atoms with Gasteiger partial charge in [0.15, 0.2) is 17.9 Å². The fourth-order valence-corrected chi connectivity index (χ4v) is 6.95. The number of carbonyl (C=O) groups is 3. The van der Waals surface area contributed by atoms with E-state index in [-0.39, 0.29) is 35.4 Å². The van der Waals surface area contributed by atoms with Crippen molar-refractivity contribution in [2.45, 2.75) is 95.4 Å². The maximum Gasteiger partial charge on any atom is 0.329 e. The first kappa shape index (κ1) is 30.3. The molecule has 0 radical (unpaired) electrons. The molecule has 4 aliphatic heterocycles. The van der Waals surface area contributed by atoms with E-state index in [1.54, 1.807) is 6.92 Å². The van der Waals surface area contributed by atoms with E-state index < -0.39 is 65.3 Å². The molecule has 1 saturated carbocycles. The molecule has 230 valence electrons. The van der Waals surface area contributed by atoms with Crippen LogP contribution in [-0.4, -0.2) is 63.0 Å². The molecule has 1 aromatic carbocycles. The van der Waals surface area contributed by atoms with Gasteiger partial charge in [-0.15, -0.1) is 0 Å². The van der Waals surface area contributed by atoms with Gasteiger partial charge in [0.25, 0.3) is 5.69 Å². The first-order valence-corrected chi connectivity index (χ1v) is 14.2. The summed E-state index contributed by atoms with van der Waals surface area (Å²) in [4.78, 5) is 59.3. The molecule has 6 rings (SSSR count). The Labute approximate surface area is 241 Å². The predicted molar refractivity (Wildman–Crippen MR) is 140 cm³/mol. The second-order valence-electron chi connectivity index (χ2n) is 11.9. The Hall–Kier alpha value is -3.17. The number of aliphatic carboxylic acids is 1. The van der Waals surface area contributed by atoms with Gasteiger partial charge in [-0.05, 0) is 43.6 Å². The first-order chi connectivity index (χ1) is 19.8. The Kier molecular flexibility index (Phi) is 8.29. The molecule has 14 nitrogen and oxygen atoms in total. The van der Waals surface area contributed by atoms with Crippen LogP contribution in [0.4, 0.5) is 5.69 Å². The van der Waals surface area contributed by atoms with Crippen molar-refractivity contribution in [1.82, 2.24) is 5.32 Å². The highest BCUT2D eigenvalue weighted by Gasteiger charge is 2.69. The molecular weight excluding hydrogens is 556 g/mol. The second-order valence-corrected chi connectivity index (χ2v) is 11.9. The second kappa shape index (κ2) is 11.5. The molecule has 1 amide bonds. The van der Waals surface area contributed by atoms with Crippen molar-refractivity contribution in [3.63, 3.8) is 0 Å². The quantitative estimate of drug-likeness (QED) is 0.165. The predicted octanol–water partition coefficient (Wildman–Crippen LogP) is 2.73. The summed E-state index contributed by atoms with van der Waals surface area (Å²) in [6.45, 7) is 5.90. The van der Waals surface area contributed by atoms with E-state index in [4.69, 9.17) is 24.0 Å². The van der Waals surface area contributed by atoms with Gasteiger partial charge in [0, 0.05) is 36.8 Å². The minimum atomic E-state index is -1.80. The molecule has 5 aliphatic rings. The van der Waals surface area contributed by atoms with Gasteiger partial charge < -0.3 is 29.7 Å². The number of ether oxygens (including phenoxy) is 3. The number of hydrogen-bond acceptors (Lipinski definition) is 11. The number of aliphatic hydroxyl groups is 1. The number of nitro benzene ring substituents is 1. The molecule has 4 saturated heterocycles. The molecule has 0 aromatic heterocycles. The minimum absolute atomic E-state index is 0.0606. The monoisotopic (exact) mass is 592 g/mol. The van der Waals surface area contributed by atoms with Crippen molar-refractivity contribution in [1.29, 1.82) is 0 Å². The lowest BCUT2D eigenvalue weighted by Crippen LogP contribution is -2.70. The molecular formula is C28H36N2O12. The van der Waals surface area contributed by atoms with Crippen molar-refractivity contribution in [2.24, 2.45) is 23.7 Å². The number of hydrogen-bond donors (Lipinski definition) is 3. The molecule has 3 N–H and O–H groups in total. The summed E-state index contributed by atoms with van der Waals surface area (Å²) in [5, 5.41) is 33.3. The molecule has 2 bridgehead atoms. The standard InChI is InChI=1S/C28H36N2O12/c1-14-7-8-19-15(2)25(39-26-28(19)18(14)11-12-27(3,40-26)41-42-28)38-21(32)10-9-20(31)29-22(24(34)35)23(33)16-5-4-6-17(13-16)30(36)37/h4-6,13-15,18-19,22-23,25-26,33H,7-12H2,1-3H3,(H,29,31)(H,34,35). The van der Waals surface area contributed by atoms with Gasteiger partial charge in [-0.1, -0.05) is 26.0 Å². The van der Waals surface area contributed by atoms with Crippen LogP contribution in [0.3, 0.4) is 0 Å². The van der Waals surface area contributed by atoms with E-state index in [2.05, 4.69) is 12.2 Å². The molecule has 14 heteroatoms. The molecule has 1 spiro atoms. The highest BCUT2D eigenvalue weighted by atomic mass is 17.3. The number of carboxylic acid groups (broad SMARTS) is 1. The van der Waals surface area contributed by atoms with Crippen LogP contribution in [0.5, 0.6) is 0 Å². The van der Waals surface area contributed by atoms with Gasteiger partial charge >= 0.3 is 11.9 Å². The molecule has 42 heavy (non-hydrogen) atoms. The maximum atomic E-state index is 12.8. The third-order valence-corrected chi connectivity index (χ3v) is 9.22.